The predicted molar refractivity (Wildman–Crippen MR) is 74.7 cm³/mol. The van der Waals surface area contributed by atoms with E-state index in [1.807, 2.05) is 13.8 Å². The van der Waals surface area contributed by atoms with Gasteiger partial charge in [0.15, 0.2) is 5.13 Å². The molecule has 6 nitrogen and oxygen atoms in total. The highest BCUT2D eigenvalue weighted by molar-refractivity contribution is 7.92. The molecule has 0 spiro atoms. The molecule has 0 fully saturated rings. The Labute approximate surface area is 117 Å². The third-order valence-electron chi connectivity index (χ3n) is 1.98. The van der Waals surface area contributed by atoms with Crippen LogP contribution in [0.3, 0.4) is 0 Å². The number of carbonyl (C=O) groups is 1. The van der Waals surface area contributed by atoms with Gasteiger partial charge in [0.25, 0.3) is 0 Å². The lowest BCUT2D eigenvalue weighted by molar-refractivity contribution is -0.142. The molecule has 1 aromatic heterocycles. The van der Waals surface area contributed by atoms with Gasteiger partial charge in [0.2, 0.25) is 10.0 Å². The van der Waals surface area contributed by atoms with E-state index in [0.29, 0.717) is 12.3 Å². The highest BCUT2D eigenvalue weighted by atomic mass is 32.2. The Balaban J connectivity index is 2.62. The molecule has 108 valence electrons. The third-order valence-corrected chi connectivity index (χ3v) is 4.52. The molecular weight excluding hydrogens is 288 g/mol. The van der Waals surface area contributed by atoms with Crippen LogP contribution in [0.15, 0.2) is 5.38 Å². The minimum Gasteiger partial charge on any atom is -0.466 e. The molecule has 19 heavy (non-hydrogen) atoms. The number of esters is 1. The minimum atomic E-state index is -3.38. The number of aromatic nitrogens is 1. The minimum absolute atomic E-state index is 0.0384. The summed E-state index contributed by atoms with van der Waals surface area (Å²) in [4.78, 5) is 15.3. The van der Waals surface area contributed by atoms with Crippen LogP contribution < -0.4 is 4.72 Å². The summed E-state index contributed by atoms with van der Waals surface area (Å²) in [6.45, 7) is 5.70. The van der Waals surface area contributed by atoms with E-state index < -0.39 is 10.0 Å². The normalized spacial score (nSPS) is 11.6. The number of ether oxygens (including phenoxy) is 1. The second-order valence-corrected chi connectivity index (χ2v) is 7.03. The monoisotopic (exact) mass is 306 g/mol. The van der Waals surface area contributed by atoms with Crippen LogP contribution in [0.5, 0.6) is 0 Å². The molecular formula is C11H18N2O4S2. The number of carbonyl (C=O) groups excluding carboxylic acids is 1. The molecule has 0 bridgehead atoms. The van der Waals surface area contributed by atoms with Crippen molar-refractivity contribution in [2.24, 2.45) is 5.92 Å². The fourth-order valence-electron chi connectivity index (χ4n) is 1.41. The van der Waals surface area contributed by atoms with Crippen molar-refractivity contribution in [3.05, 3.63) is 11.1 Å². The molecule has 0 radical (unpaired) electrons. The summed E-state index contributed by atoms with van der Waals surface area (Å²) in [6, 6.07) is 0. The van der Waals surface area contributed by atoms with Gasteiger partial charge >= 0.3 is 5.97 Å². The lowest BCUT2D eigenvalue weighted by Crippen LogP contribution is -2.20. The van der Waals surface area contributed by atoms with Gasteiger partial charge in [-0.1, -0.05) is 13.8 Å². The average molecular weight is 306 g/mol. The lowest BCUT2D eigenvalue weighted by atomic mass is 10.3. The molecule has 1 heterocycles. The van der Waals surface area contributed by atoms with Crippen LogP contribution in [0.2, 0.25) is 0 Å². The lowest BCUT2D eigenvalue weighted by Gasteiger charge is -2.06. The molecule has 0 saturated carbocycles. The number of hydrogen-bond acceptors (Lipinski definition) is 6. The Bertz CT molecular complexity index is 523. The molecule has 0 unspecified atom stereocenters. The molecule has 0 aliphatic rings. The number of anilines is 1. The Kier molecular flexibility index (Phi) is 5.74. The van der Waals surface area contributed by atoms with E-state index >= 15 is 0 Å². The van der Waals surface area contributed by atoms with Crippen LogP contribution in [0.4, 0.5) is 5.13 Å². The van der Waals surface area contributed by atoms with Crippen molar-refractivity contribution in [3.8, 4) is 0 Å². The van der Waals surface area contributed by atoms with Gasteiger partial charge in [-0.15, -0.1) is 11.3 Å². The van der Waals surface area contributed by atoms with Gasteiger partial charge in [-0.3, -0.25) is 9.52 Å². The third kappa shape index (κ3) is 6.02. The standard InChI is InChI=1S/C11H18N2O4S2/c1-4-17-10(14)5-9-6-18-11(12-9)13-19(15,16)7-8(2)3/h6,8H,4-5,7H2,1-3H3,(H,12,13). The molecule has 1 rings (SSSR count). The molecule has 1 N–H and O–H groups in total. The first-order valence-corrected chi connectivity index (χ1v) is 8.46. The maximum Gasteiger partial charge on any atom is 0.311 e. The van der Waals surface area contributed by atoms with Gasteiger partial charge in [0.1, 0.15) is 0 Å². The fraction of sp³-hybridized carbons (Fsp3) is 0.636. The van der Waals surface area contributed by atoms with Crippen LogP contribution in [-0.2, 0) is 26.0 Å². The smallest absolute Gasteiger partial charge is 0.311 e. The van der Waals surface area contributed by atoms with Crippen molar-refractivity contribution in [3.63, 3.8) is 0 Å². The van der Waals surface area contributed by atoms with E-state index in [1.165, 1.54) is 0 Å². The topological polar surface area (TPSA) is 85.4 Å². The summed E-state index contributed by atoms with van der Waals surface area (Å²) in [5, 5.41) is 1.92. The first-order chi connectivity index (χ1) is 8.82. The van der Waals surface area contributed by atoms with E-state index in [4.69, 9.17) is 4.74 Å². The van der Waals surface area contributed by atoms with Crippen LogP contribution in [0, 0.1) is 5.92 Å². The Morgan fingerprint density at radius 3 is 2.79 bits per heavy atom. The number of sulfonamides is 1. The van der Waals surface area contributed by atoms with Crippen molar-refractivity contribution < 1.29 is 17.9 Å². The van der Waals surface area contributed by atoms with Crippen molar-refractivity contribution in [2.75, 3.05) is 17.1 Å². The summed E-state index contributed by atoms with van der Waals surface area (Å²) in [5.41, 5.74) is 0.505. The van der Waals surface area contributed by atoms with Crippen molar-refractivity contribution in [1.82, 2.24) is 4.98 Å². The highest BCUT2D eigenvalue weighted by Gasteiger charge is 2.15. The summed E-state index contributed by atoms with van der Waals surface area (Å²) < 4.78 is 30.6. The summed E-state index contributed by atoms with van der Waals surface area (Å²) >= 11 is 1.15. The maximum atomic E-state index is 11.7. The van der Waals surface area contributed by atoms with Gasteiger partial charge in [-0.25, -0.2) is 13.4 Å². The summed E-state index contributed by atoms with van der Waals surface area (Å²) in [6.07, 6.45) is 0.0518. The quantitative estimate of drug-likeness (QED) is 0.774. The van der Waals surface area contributed by atoms with Crippen LogP contribution in [-0.4, -0.2) is 31.7 Å². The van der Waals surface area contributed by atoms with Crippen molar-refractivity contribution >= 4 is 32.5 Å². The zero-order valence-electron chi connectivity index (χ0n) is 11.2. The second kappa shape index (κ2) is 6.85. The van der Waals surface area contributed by atoms with E-state index in [-0.39, 0.29) is 29.2 Å². The highest BCUT2D eigenvalue weighted by Crippen LogP contribution is 2.18. The van der Waals surface area contributed by atoms with Crippen LogP contribution in [0.25, 0.3) is 0 Å². The number of rotatable bonds is 7. The zero-order chi connectivity index (χ0) is 14.5. The molecule has 0 amide bonds. The Morgan fingerprint density at radius 2 is 2.21 bits per heavy atom. The van der Waals surface area contributed by atoms with Crippen molar-refractivity contribution in [2.45, 2.75) is 27.2 Å². The van der Waals surface area contributed by atoms with Crippen LogP contribution >= 0.6 is 11.3 Å². The molecule has 0 aliphatic heterocycles. The summed E-state index contributed by atoms with van der Waals surface area (Å²) in [7, 11) is -3.38. The first-order valence-electron chi connectivity index (χ1n) is 5.93. The van der Waals surface area contributed by atoms with E-state index in [1.54, 1.807) is 12.3 Å². The van der Waals surface area contributed by atoms with Gasteiger partial charge in [-0.2, -0.15) is 0 Å². The molecule has 0 saturated heterocycles. The molecule has 1 aromatic rings. The Morgan fingerprint density at radius 1 is 1.53 bits per heavy atom. The SMILES string of the molecule is CCOC(=O)Cc1csc(NS(=O)(=O)CC(C)C)n1. The van der Waals surface area contributed by atoms with Gasteiger partial charge in [0, 0.05) is 5.38 Å². The number of nitrogens with zero attached hydrogens (tertiary/aromatic N) is 1. The molecule has 0 aliphatic carbocycles. The van der Waals surface area contributed by atoms with Gasteiger partial charge < -0.3 is 4.74 Å². The summed E-state index contributed by atoms with van der Waals surface area (Å²) in [5.74, 6) is -0.291. The van der Waals surface area contributed by atoms with E-state index in [9.17, 15) is 13.2 Å². The fourth-order valence-corrected chi connectivity index (χ4v) is 3.81. The zero-order valence-corrected chi connectivity index (χ0v) is 12.8. The van der Waals surface area contributed by atoms with Crippen LogP contribution in [0.1, 0.15) is 26.5 Å². The largest absolute Gasteiger partial charge is 0.466 e. The van der Waals surface area contributed by atoms with Crippen molar-refractivity contribution in [1.29, 1.82) is 0 Å². The molecule has 0 aromatic carbocycles. The van der Waals surface area contributed by atoms with E-state index in [0.717, 1.165) is 11.3 Å². The van der Waals surface area contributed by atoms with Gasteiger partial charge in [0.05, 0.1) is 24.5 Å². The van der Waals surface area contributed by atoms with E-state index in [2.05, 4.69) is 9.71 Å². The second-order valence-electron chi connectivity index (χ2n) is 4.40. The first kappa shape index (κ1) is 15.9. The maximum absolute atomic E-state index is 11.7. The predicted octanol–water partition coefficient (Wildman–Crippen LogP) is 1.65. The molecule has 8 heteroatoms. The Hall–Kier alpha value is -1.15. The molecule has 0 atom stereocenters. The number of hydrogen-bond donors (Lipinski definition) is 1. The van der Waals surface area contributed by atoms with Gasteiger partial charge in [-0.05, 0) is 12.8 Å². The number of thiazole rings is 1. The average Bonchev–Trinajstić information content (AvgIpc) is 2.62. The number of nitrogens with one attached hydrogen (secondary N) is 1.